The molecule has 1 aromatic rings. The second-order valence-corrected chi connectivity index (χ2v) is 4.51. The molecule has 114 valence electrons. The lowest BCUT2D eigenvalue weighted by Gasteiger charge is -2.14. The van der Waals surface area contributed by atoms with E-state index in [0.29, 0.717) is 6.54 Å². The van der Waals surface area contributed by atoms with Crippen molar-refractivity contribution in [3.63, 3.8) is 0 Å². The van der Waals surface area contributed by atoms with E-state index >= 15 is 0 Å². The Balaban J connectivity index is 0.00000361. The number of carbonyl (C=O) groups is 1. The van der Waals surface area contributed by atoms with Gasteiger partial charge in [-0.25, -0.2) is 0 Å². The zero-order chi connectivity index (χ0) is 14.1. The van der Waals surface area contributed by atoms with Gasteiger partial charge in [-0.3, -0.25) is 4.79 Å². The number of nitrogens with one attached hydrogen (secondary N) is 2. The monoisotopic (exact) mass is 300 g/mol. The first-order chi connectivity index (χ1) is 9.17. The third kappa shape index (κ3) is 6.78. The van der Waals surface area contributed by atoms with Crippen molar-refractivity contribution < 1.29 is 9.53 Å². The molecule has 1 amide bonds. The van der Waals surface area contributed by atoms with Crippen molar-refractivity contribution in [1.29, 1.82) is 0 Å². The van der Waals surface area contributed by atoms with E-state index in [1.54, 1.807) is 0 Å². The van der Waals surface area contributed by atoms with Gasteiger partial charge in [0.15, 0.2) is 6.61 Å². The third-order valence-corrected chi connectivity index (χ3v) is 2.87. The van der Waals surface area contributed by atoms with Gasteiger partial charge in [0.2, 0.25) is 0 Å². The van der Waals surface area contributed by atoms with Gasteiger partial charge in [0.25, 0.3) is 5.91 Å². The highest BCUT2D eigenvalue weighted by Gasteiger charge is 2.07. The number of para-hydroxylation sites is 1. The summed E-state index contributed by atoms with van der Waals surface area (Å²) < 4.78 is 5.55. The lowest BCUT2D eigenvalue weighted by atomic mass is 10.1. The van der Waals surface area contributed by atoms with Crippen LogP contribution in [0.3, 0.4) is 0 Å². The maximum Gasteiger partial charge on any atom is 0.257 e. The first kappa shape index (κ1) is 18.7. The smallest absolute Gasteiger partial charge is 0.257 e. The van der Waals surface area contributed by atoms with Crippen molar-refractivity contribution in [3.8, 4) is 5.75 Å². The van der Waals surface area contributed by atoms with Crippen LogP contribution in [0, 0.1) is 0 Å². The lowest BCUT2D eigenvalue weighted by molar-refractivity contribution is -0.123. The fourth-order valence-electron chi connectivity index (χ4n) is 1.82. The van der Waals surface area contributed by atoms with Gasteiger partial charge in [-0.05, 0) is 31.5 Å². The minimum atomic E-state index is -0.0874. The molecule has 0 aromatic heterocycles. The number of rotatable bonds is 8. The maximum absolute atomic E-state index is 11.7. The average Bonchev–Trinajstić information content (AvgIpc) is 2.43. The number of ether oxygens (including phenoxy) is 1. The molecule has 2 N–H and O–H groups in total. The van der Waals surface area contributed by atoms with E-state index in [1.807, 2.05) is 38.1 Å². The number of likely N-dealkylation sites (N-methyl/N-ethyl adjacent to an activating group) is 1. The number of hydrogen-bond donors (Lipinski definition) is 2. The first-order valence-corrected chi connectivity index (χ1v) is 6.88. The molecular formula is C15H25ClN2O2. The molecule has 0 saturated heterocycles. The standard InChI is InChI=1S/C15H24N2O2.ClH/c1-4-13-8-6-7-9-14(13)19-11-15(18)17-10-12(3)16-5-2;/h6-9,12,16H,4-5,10-11H2,1-3H3,(H,17,18);1H/t12-;/m1./s1. The summed E-state index contributed by atoms with van der Waals surface area (Å²) in [5.41, 5.74) is 1.12. The third-order valence-electron chi connectivity index (χ3n) is 2.87. The Morgan fingerprint density at radius 2 is 2.00 bits per heavy atom. The quantitative estimate of drug-likeness (QED) is 0.773. The van der Waals surface area contributed by atoms with Gasteiger partial charge in [0.1, 0.15) is 5.75 Å². The highest BCUT2D eigenvalue weighted by Crippen LogP contribution is 2.17. The molecule has 4 nitrogen and oxygen atoms in total. The van der Waals surface area contributed by atoms with Crippen LogP contribution in [0.1, 0.15) is 26.3 Å². The first-order valence-electron chi connectivity index (χ1n) is 6.88. The van der Waals surface area contributed by atoms with Crippen molar-refractivity contribution in [2.24, 2.45) is 0 Å². The summed E-state index contributed by atoms with van der Waals surface area (Å²) in [4.78, 5) is 11.7. The van der Waals surface area contributed by atoms with E-state index in [2.05, 4.69) is 17.6 Å². The Morgan fingerprint density at radius 1 is 1.30 bits per heavy atom. The minimum Gasteiger partial charge on any atom is -0.483 e. The largest absolute Gasteiger partial charge is 0.483 e. The van der Waals surface area contributed by atoms with Gasteiger partial charge in [-0.15, -0.1) is 12.4 Å². The predicted molar refractivity (Wildman–Crippen MR) is 84.7 cm³/mol. The molecule has 0 bridgehead atoms. The molecule has 0 aliphatic rings. The van der Waals surface area contributed by atoms with Gasteiger partial charge >= 0.3 is 0 Å². The SMILES string of the molecule is CCN[C@H](C)CNC(=O)COc1ccccc1CC.Cl. The number of hydrogen-bond acceptors (Lipinski definition) is 3. The predicted octanol–water partition coefficient (Wildman–Crippen LogP) is 2.16. The van der Waals surface area contributed by atoms with Crippen molar-refractivity contribution >= 4 is 18.3 Å². The van der Waals surface area contributed by atoms with Crippen LogP contribution in [0.4, 0.5) is 0 Å². The van der Waals surface area contributed by atoms with Crippen LogP contribution in [0.15, 0.2) is 24.3 Å². The average molecular weight is 301 g/mol. The fourth-order valence-corrected chi connectivity index (χ4v) is 1.82. The molecule has 20 heavy (non-hydrogen) atoms. The molecular weight excluding hydrogens is 276 g/mol. The van der Waals surface area contributed by atoms with Crippen LogP contribution in [-0.2, 0) is 11.2 Å². The number of benzene rings is 1. The molecule has 0 aliphatic heterocycles. The molecule has 0 heterocycles. The molecule has 0 unspecified atom stereocenters. The van der Waals surface area contributed by atoms with Crippen LogP contribution in [0.5, 0.6) is 5.75 Å². The summed E-state index contributed by atoms with van der Waals surface area (Å²) in [6.07, 6.45) is 0.898. The van der Waals surface area contributed by atoms with Crippen LogP contribution in [0.25, 0.3) is 0 Å². The van der Waals surface area contributed by atoms with E-state index < -0.39 is 0 Å². The number of amides is 1. The highest BCUT2D eigenvalue weighted by molar-refractivity contribution is 5.85. The second kappa shape index (κ2) is 10.5. The number of aryl methyl sites for hydroxylation is 1. The molecule has 1 atom stereocenters. The summed E-state index contributed by atoms with van der Waals surface area (Å²) in [5, 5.41) is 6.09. The summed E-state index contributed by atoms with van der Waals surface area (Å²) in [6.45, 7) is 7.74. The van der Waals surface area contributed by atoms with Gasteiger partial charge in [-0.1, -0.05) is 32.0 Å². The van der Waals surface area contributed by atoms with Crippen LogP contribution in [-0.4, -0.2) is 31.6 Å². The van der Waals surface area contributed by atoms with Crippen LogP contribution in [0.2, 0.25) is 0 Å². The molecule has 0 radical (unpaired) electrons. The zero-order valence-electron chi connectivity index (χ0n) is 12.4. The van der Waals surface area contributed by atoms with Crippen LogP contribution < -0.4 is 15.4 Å². The van der Waals surface area contributed by atoms with Crippen LogP contribution >= 0.6 is 12.4 Å². The zero-order valence-corrected chi connectivity index (χ0v) is 13.3. The van der Waals surface area contributed by atoms with Gasteiger partial charge in [0.05, 0.1) is 0 Å². The van der Waals surface area contributed by atoms with Gasteiger partial charge in [0, 0.05) is 12.6 Å². The van der Waals surface area contributed by atoms with Crippen molar-refractivity contribution in [2.45, 2.75) is 33.2 Å². The van der Waals surface area contributed by atoms with E-state index in [0.717, 1.165) is 24.3 Å². The molecule has 0 fully saturated rings. The molecule has 1 aromatic carbocycles. The Morgan fingerprint density at radius 3 is 2.65 bits per heavy atom. The summed E-state index contributed by atoms with van der Waals surface area (Å²) in [5.74, 6) is 0.704. The normalized spacial score (nSPS) is 11.3. The Kier molecular flexibility index (Phi) is 9.86. The van der Waals surface area contributed by atoms with Crippen molar-refractivity contribution in [1.82, 2.24) is 10.6 Å². The van der Waals surface area contributed by atoms with E-state index in [4.69, 9.17) is 4.74 Å². The fraction of sp³-hybridized carbons (Fsp3) is 0.533. The summed E-state index contributed by atoms with van der Waals surface area (Å²) in [6, 6.07) is 8.08. The summed E-state index contributed by atoms with van der Waals surface area (Å²) >= 11 is 0. The minimum absolute atomic E-state index is 0. The van der Waals surface area contributed by atoms with Gasteiger partial charge in [-0.2, -0.15) is 0 Å². The molecule has 0 spiro atoms. The van der Waals surface area contributed by atoms with Gasteiger partial charge < -0.3 is 15.4 Å². The lowest BCUT2D eigenvalue weighted by Crippen LogP contribution is -2.40. The maximum atomic E-state index is 11.7. The molecule has 1 rings (SSSR count). The van der Waals surface area contributed by atoms with Crippen molar-refractivity contribution in [2.75, 3.05) is 19.7 Å². The number of halogens is 1. The Bertz CT molecular complexity index is 399. The second-order valence-electron chi connectivity index (χ2n) is 4.51. The van der Waals surface area contributed by atoms with E-state index in [1.165, 1.54) is 0 Å². The molecule has 5 heteroatoms. The topological polar surface area (TPSA) is 50.4 Å². The Hall–Kier alpha value is -1.26. The Labute approximate surface area is 127 Å². The molecule has 0 saturated carbocycles. The van der Waals surface area contributed by atoms with E-state index in [9.17, 15) is 4.79 Å². The highest BCUT2D eigenvalue weighted by atomic mass is 35.5. The number of carbonyl (C=O) groups excluding carboxylic acids is 1. The summed E-state index contributed by atoms with van der Waals surface area (Å²) in [7, 11) is 0. The van der Waals surface area contributed by atoms with E-state index in [-0.39, 0.29) is 31.0 Å². The van der Waals surface area contributed by atoms with Crippen molar-refractivity contribution in [3.05, 3.63) is 29.8 Å². The molecule has 0 aliphatic carbocycles.